The molecule has 276 valence electrons. The molecule has 0 radical (unpaired) electrons. The van der Waals surface area contributed by atoms with Crippen LogP contribution >= 0.6 is 23.5 Å². The number of anilines is 1. The Kier molecular flexibility index (Phi) is 13.7. The number of nitro groups is 1. The highest BCUT2D eigenvalue weighted by atomic mass is 31.3. The van der Waals surface area contributed by atoms with Crippen molar-refractivity contribution < 1.29 is 75.5 Å². The van der Waals surface area contributed by atoms with Gasteiger partial charge in [0.2, 0.25) is 6.41 Å². The van der Waals surface area contributed by atoms with Gasteiger partial charge in [-0.2, -0.15) is 13.6 Å². The summed E-state index contributed by atoms with van der Waals surface area (Å²) in [6.45, 7) is 0.378. The number of nitrogens with zero attached hydrogens (tertiary/aromatic N) is 3. The van der Waals surface area contributed by atoms with Gasteiger partial charge >= 0.3 is 35.3 Å². The fourth-order valence-corrected chi connectivity index (χ4v) is 7.33. The third kappa shape index (κ3) is 12.2. The molecule has 3 rings (SSSR count). The number of aromatic nitrogens is 2. The number of aliphatic hydroxyl groups excluding tert-OH is 1. The van der Waals surface area contributed by atoms with Crippen molar-refractivity contribution in [2.45, 2.75) is 44.4 Å². The normalized spacial score (nSPS) is 20.8. The number of aliphatic hydroxyl groups is 1. The highest BCUT2D eigenvalue weighted by Gasteiger charge is 2.43. The Bertz CT molecular complexity index is 1820. The first-order valence-electron chi connectivity index (χ1n) is 13.8. The predicted molar refractivity (Wildman–Crippen MR) is 165 cm³/mol. The van der Waals surface area contributed by atoms with Gasteiger partial charge in [-0.1, -0.05) is 18.2 Å². The molecule has 3 unspecified atom stereocenters. The Morgan fingerprint density at radius 3 is 2.58 bits per heavy atom. The smallest absolute Gasteiger partial charge is 0.441 e. The Labute approximate surface area is 280 Å². The van der Waals surface area contributed by atoms with Gasteiger partial charge in [-0.25, -0.2) is 23.3 Å². The van der Waals surface area contributed by atoms with Crippen molar-refractivity contribution >= 4 is 53.6 Å². The Morgan fingerprint density at radius 2 is 1.94 bits per heavy atom. The van der Waals surface area contributed by atoms with Gasteiger partial charge in [-0.15, -0.1) is 0 Å². The van der Waals surface area contributed by atoms with Crippen LogP contribution in [0.25, 0.3) is 6.08 Å². The molecule has 1 aromatic heterocycles. The monoisotopic (exact) mass is 772 g/mol. The number of benzene rings is 1. The molecule has 24 nitrogen and oxygen atoms in total. The molecule has 27 heteroatoms. The van der Waals surface area contributed by atoms with Gasteiger partial charge in [-0.05, 0) is 18.6 Å². The van der Waals surface area contributed by atoms with Crippen molar-refractivity contribution in [3.8, 4) is 0 Å². The maximum Gasteiger partial charge on any atom is 0.490 e. The molecule has 2 amide bonds. The lowest BCUT2D eigenvalue weighted by molar-refractivity contribution is -0.386. The van der Waals surface area contributed by atoms with Crippen molar-refractivity contribution in [1.82, 2.24) is 20.2 Å². The van der Waals surface area contributed by atoms with Crippen molar-refractivity contribution in [2.75, 3.05) is 18.9 Å². The van der Waals surface area contributed by atoms with E-state index in [4.69, 9.17) is 25.0 Å². The van der Waals surface area contributed by atoms with E-state index >= 15 is 0 Å². The van der Waals surface area contributed by atoms with Crippen LogP contribution in [-0.2, 0) is 47.7 Å². The fourth-order valence-electron chi connectivity index (χ4n) is 4.30. The number of nitrogens with one attached hydrogen (secondary N) is 2. The summed E-state index contributed by atoms with van der Waals surface area (Å²) in [5.74, 6) is -0.238. The van der Waals surface area contributed by atoms with Gasteiger partial charge in [0.1, 0.15) is 24.3 Å². The second-order valence-electron chi connectivity index (χ2n) is 10.1. The van der Waals surface area contributed by atoms with E-state index in [2.05, 4.69) is 28.8 Å². The summed E-state index contributed by atoms with van der Waals surface area (Å²) in [7, 11) is -16.9. The fraction of sp³-hybridized carbons (Fsp3) is 0.391. The summed E-state index contributed by atoms with van der Waals surface area (Å²) in [5.41, 5.74) is 5.35. The van der Waals surface area contributed by atoms with Crippen molar-refractivity contribution in [3.63, 3.8) is 0 Å². The van der Waals surface area contributed by atoms with Crippen LogP contribution in [0.1, 0.15) is 42.4 Å². The molecule has 50 heavy (non-hydrogen) atoms. The highest BCUT2D eigenvalue weighted by molar-refractivity contribution is 7.66. The van der Waals surface area contributed by atoms with Gasteiger partial charge in [-0.3, -0.25) is 24.0 Å². The van der Waals surface area contributed by atoms with E-state index in [1.54, 1.807) is 0 Å². The summed E-state index contributed by atoms with van der Waals surface area (Å²) in [5, 5.41) is 26.6. The zero-order chi connectivity index (χ0) is 37.4. The number of nitrogens with two attached hydrogens (primary N) is 1. The van der Waals surface area contributed by atoms with Crippen LogP contribution in [-0.4, -0.2) is 77.0 Å². The SMILES string of the molecule is CC(OC(=O)NC/C=C/c1cn([C@H]2C[C@@H](O)[C@@H](COP(=O)(O)OP(=O)(O)OP(=O)(O)O)O2)c(=O)nc1N)c1cc(CNC=O)ccc1[N+](=O)[O-]. The minimum atomic E-state index is -5.78. The molecule has 1 saturated heterocycles. The van der Waals surface area contributed by atoms with Gasteiger partial charge in [0, 0.05) is 37.3 Å². The number of carbonyl (C=O) groups is 2. The molecule has 9 N–H and O–H groups in total. The third-order valence-electron chi connectivity index (χ3n) is 6.40. The van der Waals surface area contributed by atoms with Crippen LogP contribution in [0.2, 0.25) is 0 Å². The molecular weight excluding hydrogens is 741 g/mol. The molecule has 1 aliphatic heterocycles. The van der Waals surface area contributed by atoms with Gasteiger partial charge in [0.25, 0.3) is 5.69 Å². The summed E-state index contributed by atoms with van der Waals surface area (Å²) in [6.07, 6.45) is -2.02. The number of ether oxygens (including phenoxy) is 2. The third-order valence-corrected chi connectivity index (χ3v) is 10.2. The van der Waals surface area contributed by atoms with E-state index in [1.807, 2.05) is 0 Å². The zero-order valence-corrected chi connectivity index (χ0v) is 28.2. The predicted octanol–water partition coefficient (Wildman–Crippen LogP) is 0.472. The number of amides is 2. The maximum absolute atomic E-state index is 12.5. The molecule has 1 aromatic carbocycles. The van der Waals surface area contributed by atoms with Crippen LogP contribution in [0, 0.1) is 10.1 Å². The van der Waals surface area contributed by atoms with Crippen LogP contribution in [0.5, 0.6) is 0 Å². The molecule has 0 bridgehead atoms. The number of carbonyl (C=O) groups excluding carboxylic acids is 2. The molecule has 0 spiro atoms. The van der Waals surface area contributed by atoms with E-state index in [1.165, 1.54) is 43.5 Å². The number of phosphoric ester groups is 1. The second-order valence-corrected chi connectivity index (χ2v) is 14.5. The molecular formula is C23H31N6O18P3. The summed E-state index contributed by atoms with van der Waals surface area (Å²) in [4.78, 5) is 86.1. The average Bonchev–Trinajstić information content (AvgIpc) is 3.35. The van der Waals surface area contributed by atoms with Crippen LogP contribution in [0.15, 0.2) is 35.3 Å². The van der Waals surface area contributed by atoms with Gasteiger partial charge < -0.3 is 50.5 Å². The van der Waals surface area contributed by atoms with Crippen LogP contribution in [0.4, 0.5) is 16.3 Å². The van der Waals surface area contributed by atoms with Crippen LogP contribution in [0.3, 0.4) is 0 Å². The number of nitro benzene ring substituents is 1. The number of hydrogen-bond donors (Lipinski definition) is 8. The minimum absolute atomic E-state index is 0.0857. The summed E-state index contributed by atoms with van der Waals surface area (Å²) < 4.78 is 57.6. The van der Waals surface area contributed by atoms with E-state index in [0.29, 0.717) is 12.0 Å². The first kappa shape index (κ1) is 40.5. The summed E-state index contributed by atoms with van der Waals surface area (Å²) in [6, 6.07) is 4.08. The van der Waals surface area contributed by atoms with Crippen molar-refractivity contribution in [1.29, 1.82) is 0 Å². The largest absolute Gasteiger partial charge is 0.490 e. The van der Waals surface area contributed by atoms with Crippen LogP contribution < -0.4 is 22.1 Å². The molecule has 2 heterocycles. The number of alkyl carbamates (subject to hydrolysis) is 1. The molecule has 6 atom stereocenters. The van der Waals surface area contributed by atoms with E-state index in [-0.39, 0.29) is 42.1 Å². The number of phosphoric acid groups is 3. The average molecular weight is 772 g/mol. The van der Waals surface area contributed by atoms with Crippen molar-refractivity contribution in [2.24, 2.45) is 0 Å². The number of hydrogen-bond acceptors (Lipinski definition) is 16. The van der Waals surface area contributed by atoms with E-state index < -0.39 is 71.3 Å². The molecule has 1 fully saturated rings. The van der Waals surface area contributed by atoms with Gasteiger partial charge in [0.05, 0.1) is 23.2 Å². The van der Waals surface area contributed by atoms with Crippen molar-refractivity contribution in [3.05, 3.63) is 67.8 Å². The minimum Gasteiger partial charge on any atom is -0.441 e. The molecule has 0 saturated carbocycles. The van der Waals surface area contributed by atoms with Gasteiger partial charge in [0.15, 0.2) is 0 Å². The Hall–Kier alpha value is -3.89. The topological polar surface area (TPSA) is 361 Å². The Balaban J connectivity index is 1.60. The quantitative estimate of drug-likeness (QED) is 0.0469. The molecule has 1 aliphatic rings. The highest BCUT2D eigenvalue weighted by Crippen LogP contribution is 2.66. The lowest BCUT2D eigenvalue weighted by atomic mass is 10.0. The molecule has 0 aliphatic carbocycles. The lowest BCUT2D eigenvalue weighted by Gasteiger charge is -2.19. The lowest BCUT2D eigenvalue weighted by Crippen LogP contribution is -2.29. The first-order valence-corrected chi connectivity index (χ1v) is 18.3. The second kappa shape index (κ2) is 16.9. The number of nitrogen functional groups attached to an aromatic ring is 1. The Morgan fingerprint density at radius 1 is 1.24 bits per heavy atom. The maximum atomic E-state index is 12.5. The number of rotatable bonds is 17. The van der Waals surface area contributed by atoms with E-state index in [9.17, 15) is 53.1 Å². The zero-order valence-electron chi connectivity index (χ0n) is 25.5. The van der Waals surface area contributed by atoms with E-state index in [0.717, 1.165) is 4.57 Å². The summed E-state index contributed by atoms with van der Waals surface area (Å²) >= 11 is 0. The standard InChI is InChI=1S/C23H31N6O18P3/c1-13(16-7-14(9-25-12-30)4-5-17(16)29(34)35)44-23(33)26-6-2-3-15-10-28(22(32)27-21(15)24)20-8-18(31)19(45-20)11-43-49(39,40)47-50(41,42)46-48(36,37)38/h2-5,7,10,12-13,18-20,31H,6,8-9,11H2,1H3,(H,25,30)(H,26,33)(H,39,40)(H,41,42)(H2,24,27,32)(H2,36,37,38)/b3-2+/t13?,18-,19-,20-/m1/s1. The first-order chi connectivity index (χ1) is 23.2. The molecule has 2 aromatic rings.